The van der Waals surface area contributed by atoms with Crippen molar-refractivity contribution in [3.63, 3.8) is 0 Å². The number of rotatable bonds is 5. The summed E-state index contributed by atoms with van der Waals surface area (Å²) in [5, 5.41) is 5.11. The average molecular weight is 424 g/mol. The molecule has 2 heterocycles. The lowest BCUT2D eigenvalue weighted by Gasteiger charge is -2.22. The zero-order valence-electron chi connectivity index (χ0n) is 15.9. The lowest BCUT2D eigenvalue weighted by Crippen LogP contribution is -2.41. The maximum Gasteiger partial charge on any atom is 0.325 e. The minimum atomic E-state index is -1.32. The topological polar surface area (TPSA) is 105 Å². The van der Waals surface area contributed by atoms with Crippen LogP contribution in [0.2, 0.25) is 0 Å². The molecule has 0 saturated carbocycles. The van der Waals surface area contributed by atoms with Crippen LogP contribution < -0.4 is 11.1 Å². The number of amides is 4. The maximum atomic E-state index is 13.1. The van der Waals surface area contributed by atoms with Crippen molar-refractivity contribution in [1.29, 1.82) is 0 Å². The number of nitrogens with zero attached hydrogens (tertiary/aromatic N) is 2. The number of urea groups is 1. The number of halogens is 1. The SMILES string of the molecule is C[C@@]1(c2cccc(C(N)=O)c2)NC(=O)N(Cc2csc(-c3ccc(F)cc3)n2)C1=O. The molecule has 4 rings (SSSR count). The van der Waals surface area contributed by atoms with Crippen molar-refractivity contribution in [2.45, 2.75) is 19.0 Å². The highest BCUT2D eigenvalue weighted by Crippen LogP contribution is 2.31. The number of benzene rings is 2. The number of carbonyl (C=O) groups is 3. The van der Waals surface area contributed by atoms with Gasteiger partial charge in [0.15, 0.2) is 0 Å². The Kier molecular flexibility index (Phi) is 4.83. The predicted molar refractivity (Wildman–Crippen MR) is 109 cm³/mol. The van der Waals surface area contributed by atoms with E-state index in [0.29, 0.717) is 16.3 Å². The molecule has 152 valence electrons. The highest BCUT2D eigenvalue weighted by Gasteiger charge is 2.49. The van der Waals surface area contributed by atoms with Gasteiger partial charge >= 0.3 is 6.03 Å². The summed E-state index contributed by atoms with van der Waals surface area (Å²) in [4.78, 5) is 42.7. The Balaban J connectivity index is 1.57. The van der Waals surface area contributed by atoms with E-state index in [1.54, 1.807) is 42.6 Å². The predicted octanol–water partition coefficient (Wildman–Crippen LogP) is 3.02. The Labute approximate surface area is 175 Å². The first-order chi connectivity index (χ1) is 14.3. The van der Waals surface area contributed by atoms with Crippen molar-refractivity contribution in [2.24, 2.45) is 5.73 Å². The molecule has 1 saturated heterocycles. The van der Waals surface area contributed by atoms with Gasteiger partial charge in [0.25, 0.3) is 5.91 Å². The Bertz CT molecular complexity index is 1160. The van der Waals surface area contributed by atoms with E-state index in [-0.39, 0.29) is 17.9 Å². The first-order valence-electron chi connectivity index (χ1n) is 9.03. The molecule has 1 fully saturated rings. The van der Waals surface area contributed by atoms with Gasteiger partial charge in [-0.2, -0.15) is 0 Å². The molecule has 3 N–H and O–H groups in total. The van der Waals surface area contributed by atoms with Crippen LogP contribution in [0.1, 0.15) is 28.5 Å². The molecule has 4 amide bonds. The molecule has 0 bridgehead atoms. The van der Waals surface area contributed by atoms with Crippen LogP contribution in [0.15, 0.2) is 53.9 Å². The van der Waals surface area contributed by atoms with Crippen molar-refractivity contribution in [2.75, 3.05) is 0 Å². The molecular formula is C21H17FN4O3S. The van der Waals surface area contributed by atoms with E-state index in [2.05, 4.69) is 10.3 Å². The van der Waals surface area contributed by atoms with Gasteiger partial charge in [-0.25, -0.2) is 14.2 Å². The zero-order valence-corrected chi connectivity index (χ0v) is 16.7. The lowest BCUT2D eigenvalue weighted by molar-refractivity contribution is -0.131. The minimum Gasteiger partial charge on any atom is -0.366 e. The Morgan fingerprint density at radius 1 is 1.23 bits per heavy atom. The van der Waals surface area contributed by atoms with Crippen molar-refractivity contribution in [3.05, 3.63) is 76.5 Å². The number of nitrogens with one attached hydrogen (secondary N) is 1. The number of nitrogens with two attached hydrogens (primary N) is 1. The van der Waals surface area contributed by atoms with E-state index in [4.69, 9.17) is 5.73 Å². The average Bonchev–Trinajstić information content (AvgIpc) is 3.28. The molecule has 0 unspecified atom stereocenters. The van der Waals surface area contributed by atoms with E-state index in [1.807, 2.05) is 0 Å². The Hall–Kier alpha value is -3.59. The lowest BCUT2D eigenvalue weighted by atomic mass is 9.90. The van der Waals surface area contributed by atoms with Gasteiger partial charge in [0.1, 0.15) is 16.4 Å². The molecule has 0 spiro atoms. The molecule has 3 aromatic rings. The van der Waals surface area contributed by atoms with E-state index in [0.717, 1.165) is 10.5 Å². The molecule has 0 radical (unpaired) electrons. The summed E-state index contributed by atoms with van der Waals surface area (Å²) in [5.74, 6) is -1.41. The van der Waals surface area contributed by atoms with Crippen LogP contribution in [-0.4, -0.2) is 27.7 Å². The third kappa shape index (κ3) is 3.43. The largest absolute Gasteiger partial charge is 0.366 e. The Morgan fingerprint density at radius 3 is 2.67 bits per heavy atom. The van der Waals surface area contributed by atoms with Crippen LogP contribution >= 0.6 is 11.3 Å². The summed E-state index contributed by atoms with van der Waals surface area (Å²) < 4.78 is 13.1. The van der Waals surface area contributed by atoms with Crippen molar-refractivity contribution < 1.29 is 18.8 Å². The van der Waals surface area contributed by atoms with Gasteiger partial charge < -0.3 is 11.1 Å². The van der Waals surface area contributed by atoms with Crippen molar-refractivity contribution in [1.82, 2.24) is 15.2 Å². The highest BCUT2D eigenvalue weighted by molar-refractivity contribution is 7.13. The zero-order chi connectivity index (χ0) is 21.5. The highest BCUT2D eigenvalue weighted by atomic mass is 32.1. The summed E-state index contributed by atoms with van der Waals surface area (Å²) in [6.45, 7) is 1.58. The molecule has 1 aliphatic rings. The summed E-state index contributed by atoms with van der Waals surface area (Å²) in [6.07, 6.45) is 0. The van der Waals surface area contributed by atoms with E-state index in [1.165, 1.54) is 29.5 Å². The molecule has 2 aromatic carbocycles. The number of hydrogen-bond acceptors (Lipinski definition) is 5. The molecule has 30 heavy (non-hydrogen) atoms. The second kappa shape index (κ2) is 7.34. The smallest absolute Gasteiger partial charge is 0.325 e. The number of hydrogen-bond donors (Lipinski definition) is 2. The van der Waals surface area contributed by atoms with Crippen LogP contribution in [-0.2, 0) is 16.9 Å². The van der Waals surface area contributed by atoms with Gasteiger partial charge in [-0.3, -0.25) is 14.5 Å². The number of imide groups is 1. The van der Waals surface area contributed by atoms with Crippen LogP contribution in [0.5, 0.6) is 0 Å². The maximum absolute atomic E-state index is 13.1. The molecule has 9 heteroatoms. The van der Waals surface area contributed by atoms with Gasteiger partial charge in [-0.15, -0.1) is 11.3 Å². The summed E-state index contributed by atoms with van der Waals surface area (Å²) in [5.41, 5.74) is 6.00. The van der Waals surface area contributed by atoms with E-state index >= 15 is 0 Å². The third-order valence-electron chi connectivity index (χ3n) is 4.96. The van der Waals surface area contributed by atoms with E-state index < -0.39 is 23.4 Å². The van der Waals surface area contributed by atoms with Crippen LogP contribution in [0.3, 0.4) is 0 Å². The van der Waals surface area contributed by atoms with Crippen LogP contribution in [0.25, 0.3) is 10.6 Å². The Morgan fingerprint density at radius 2 is 1.97 bits per heavy atom. The van der Waals surface area contributed by atoms with E-state index in [9.17, 15) is 18.8 Å². The fourth-order valence-corrected chi connectivity index (χ4v) is 4.10. The first-order valence-corrected chi connectivity index (χ1v) is 9.91. The quantitative estimate of drug-likeness (QED) is 0.614. The van der Waals surface area contributed by atoms with Gasteiger partial charge in [-0.05, 0) is 48.9 Å². The second-order valence-corrected chi connectivity index (χ2v) is 7.90. The molecule has 1 aliphatic heterocycles. The number of aromatic nitrogens is 1. The summed E-state index contributed by atoms with van der Waals surface area (Å²) in [6, 6.07) is 11.7. The standard InChI is InChI=1S/C21H17FN4O3S/c1-21(14-4-2-3-13(9-14)17(23)27)19(28)26(20(29)25-21)10-16-11-30-18(24-16)12-5-7-15(22)8-6-12/h2-9,11H,10H2,1H3,(H2,23,27)(H,25,29)/t21-/m0/s1. The van der Waals surface area contributed by atoms with Gasteiger partial charge in [0.05, 0.1) is 12.2 Å². The minimum absolute atomic E-state index is 0.00649. The van der Waals surface area contributed by atoms with Crippen molar-refractivity contribution in [3.8, 4) is 10.6 Å². The number of thiazole rings is 1. The third-order valence-corrected chi connectivity index (χ3v) is 5.90. The van der Waals surface area contributed by atoms with Gasteiger partial charge in [-0.1, -0.05) is 12.1 Å². The number of carbonyl (C=O) groups excluding carboxylic acids is 3. The van der Waals surface area contributed by atoms with Gasteiger partial charge in [0, 0.05) is 16.5 Å². The second-order valence-electron chi connectivity index (χ2n) is 7.04. The van der Waals surface area contributed by atoms with Crippen LogP contribution in [0.4, 0.5) is 9.18 Å². The summed E-state index contributed by atoms with van der Waals surface area (Å²) >= 11 is 1.34. The first kappa shape index (κ1) is 19.7. The molecular weight excluding hydrogens is 407 g/mol. The molecule has 0 aliphatic carbocycles. The van der Waals surface area contributed by atoms with Crippen LogP contribution in [0, 0.1) is 5.82 Å². The molecule has 7 nitrogen and oxygen atoms in total. The monoisotopic (exact) mass is 424 g/mol. The fourth-order valence-electron chi connectivity index (χ4n) is 3.29. The molecule has 1 aromatic heterocycles. The van der Waals surface area contributed by atoms with Crippen molar-refractivity contribution >= 4 is 29.2 Å². The normalized spacial score (nSPS) is 18.5. The summed E-state index contributed by atoms with van der Waals surface area (Å²) in [7, 11) is 0. The molecule has 1 atom stereocenters. The number of primary amides is 1. The fraction of sp³-hybridized carbons (Fsp3) is 0.143. The van der Waals surface area contributed by atoms with Gasteiger partial charge in [0.2, 0.25) is 5.91 Å².